The van der Waals surface area contributed by atoms with Crippen LogP contribution in [0.5, 0.6) is 0 Å². The Kier molecular flexibility index (Phi) is 19.1. The van der Waals surface area contributed by atoms with Crippen LogP contribution in [-0.2, 0) is 66.7 Å². The third-order valence-electron chi connectivity index (χ3n) is 6.50. The predicted octanol–water partition coefficient (Wildman–Crippen LogP) is 4.84. The van der Waals surface area contributed by atoms with Crippen molar-refractivity contribution in [1.29, 1.82) is 0 Å². The molecule has 0 aliphatic carbocycles. The average molecular weight is 712 g/mol. The van der Waals surface area contributed by atoms with Gasteiger partial charge in [0.2, 0.25) is 0 Å². The Morgan fingerprint density at radius 3 is 1.39 bits per heavy atom. The number of nitrogens with zero attached hydrogens (tertiary/aromatic N) is 7. The van der Waals surface area contributed by atoms with Gasteiger partial charge in [0.25, 0.3) is 0 Å². The van der Waals surface area contributed by atoms with Gasteiger partial charge >= 0.3 is 24.0 Å². The maximum absolute atomic E-state index is 12.9. The first-order valence-corrected chi connectivity index (χ1v) is 21.7. The zero-order valence-electron chi connectivity index (χ0n) is 28.7. The van der Waals surface area contributed by atoms with E-state index in [9.17, 15) is 9.13 Å². The third kappa shape index (κ3) is 14.4. The monoisotopic (exact) mass is 711 g/mol. The second-order valence-corrected chi connectivity index (χ2v) is 17.2. The van der Waals surface area contributed by atoms with Crippen molar-refractivity contribution < 1.29 is 40.5 Å². The second kappa shape index (κ2) is 21.6. The van der Waals surface area contributed by atoms with Crippen LogP contribution < -0.4 is 0 Å². The molecule has 2 aromatic heterocycles. The van der Waals surface area contributed by atoms with Gasteiger partial charge in [-0.25, -0.2) is 0 Å². The van der Waals surface area contributed by atoms with E-state index in [1.165, 1.54) is 0 Å². The summed E-state index contributed by atoms with van der Waals surface area (Å²) < 4.78 is 68.9. The lowest BCUT2D eigenvalue weighted by Gasteiger charge is -2.29. The second-order valence-electron chi connectivity index (χ2n) is 10.1. The molecule has 0 spiro atoms. The minimum absolute atomic E-state index is 0.197. The number of aryl methyl sites for hydroxylation is 2. The summed E-state index contributed by atoms with van der Waals surface area (Å²) in [4.78, 5) is 2.20. The molecule has 0 amide bonds. The van der Waals surface area contributed by atoms with E-state index in [-0.39, 0.29) is 12.3 Å². The molecule has 0 aromatic carbocycles. The molecular formula is C27H55N7O9P2Si. The maximum atomic E-state index is 12.9. The fraction of sp³-hybridized carbons (Fsp3) is 0.852. The van der Waals surface area contributed by atoms with Gasteiger partial charge in [0.15, 0.2) is 0 Å². The summed E-state index contributed by atoms with van der Waals surface area (Å²) >= 11 is 0. The zero-order chi connectivity index (χ0) is 33.9. The predicted molar refractivity (Wildman–Crippen MR) is 176 cm³/mol. The molecule has 46 heavy (non-hydrogen) atoms. The van der Waals surface area contributed by atoms with Crippen molar-refractivity contribution in [2.24, 2.45) is 0 Å². The molecule has 0 atom stereocenters. The van der Waals surface area contributed by atoms with Gasteiger partial charge in [-0.1, -0.05) is 10.4 Å². The Hall–Kier alpha value is -1.36. The van der Waals surface area contributed by atoms with E-state index >= 15 is 0 Å². The highest BCUT2D eigenvalue weighted by molar-refractivity contribution is 7.54. The molecule has 0 aliphatic heterocycles. The summed E-state index contributed by atoms with van der Waals surface area (Å²) in [5, 5.41) is 17.2. The van der Waals surface area contributed by atoms with Crippen molar-refractivity contribution in [2.75, 3.05) is 65.1 Å². The number of rotatable bonds is 28. The molecule has 0 fully saturated rings. The molecule has 0 N–H and O–H groups in total. The molecule has 0 unspecified atom stereocenters. The van der Waals surface area contributed by atoms with Crippen LogP contribution in [0.1, 0.15) is 66.3 Å². The van der Waals surface area contributed by atoms with Gasteiger partial charge in [-0.2, -0.15) is 0 Å². The van der Waals surface area contributed by atoms with Crippen LogP contribution in [-0.4, -0.2) is 109 Å². The van der Waals surface area contributed by atoms with Crippen molar-refractivity contribution in [2.45, 2.75) is 87.1 Å². The smallest absolute Gasteiger partial charge is 0.374 e. The third-order valence-corrected chi connectivity index (χ3v) is 13.8. The highest BCUT2D eigenvalue weighted by Gasteiger charge is 2.39. The Balaban J connectivity index is 2.16. The Morgan fingerprint density at radius 1 is 0.652 bits per heavy atom. The molecule has 0 aliphatic rings. The summed E-state index contributed by atoms with van der Waals surface area (Å²) in [6.45, 7) is 18.1. The van der Waals surface area contributed by atoms with Crippen molar-refractivity contribution in [1.82, 2.24) is 34.9 Å². The van der Waals surface area contributed by atoms with Crippen LogP contribution in [0.2, 0.25) is 6.04 Å². The standard InChI is InChI=1S/C27H55N7O9P2Si/c1-8-37-44(35,38-9-2)19-17-33-24-26(28-30-33)22-32(16-15-21-46(41-12-5,42-13-6)43-14-7)23-27-25-34(31-29-27)18-20-45(36,39-10-3)40-11-4/h24-25H,8-23H2,1-7H3. The van der Waals surface area contributed by atoms with Crippen LogP contribution in [0.3, 0.4) is 0 Å². The molecule has 16 nitrogen and oxygen atoms in total. The molecular weight excluding hydrogens is 656 g/mol. The largest absolute Gasteiger partial charge is 0.500 e. The summed E-state index contributed by atoms with van der Waals surface area (Å²) in [5.74, 6) is 0. The first kappa shape index (κ1) is 40.8. The molecule has 2 rings (SSSR count). The average Bonchev–Trinajstić information content (AvgIpc) is 3.65. The quantitative estimate of drug-likeness (QED) is 0.0870. The van der Waals surface area contributed by atoms with Crippen LogP contribution in [0.15, 0.2) is 12.4 Å². The summed E-state index contributed by atoms with van der Waals surface area (Å²) in [6, 6.07) is 0.659. The first-order valence-electron chi connectivity index (χ1n) is 16.3. The Labute approximate surface area is 275 Å². The highest BCUT2D eigenvalue weighted by atomic mass is 31.2. The molecule has 0 saturated heterocycles. The van der Waals surface area contributed by atoms with E-state index in [1.807, 2.05) is 33.2 Å². The van der Waals surface area contributed by atoms with Crippen LogP contribution in [0.4, 0.5) is 0 Å². The lowest BCUT2D eigenvalue weighted by molar-refractivity contribution is 0.0697. The zero-order valence-corrected chi connectivity index (χ0v) is 31.5. The summed E-state index contributed by atoms with van der Waals surface area (Å²) in [5.41, 5.74) is 1.49. The number of aromatic nitrogens is 6. The van der Waals surface area contributed by atoms with Gasteiger partial charge in [0.05, 0.1) is 63.2 Å². The van der Waals surface area contributed by atoms with Gasteiger partial charge in [0.1, 0.15) is 0 Å². The SMILES string of the molecule is CCO[Si](CCCN(Cc1cn(CCP(=O)(OCC)OCC)nn1)Cc1cn(CCP(=O)(OCC)OCC)nn1)(OCC)OCC. The maximum Gasteiger partial charge on any atom is 0.500 e. The first-order chi connectivity index (χ1) is 22.1. The summed E-state index contributed by atoms with van der Waals surface area (Å²) in [7, 11) is -9.22. The van der Waals surface area contributed by atoms with Crippen molar-refractivity contribution >= 4 is 24.0 Å². The molecule has 266 valence electrons. The molecule has 0 bridgehead atoms. The molecule has 2 aromatic rings. The van der Waals surface area contributed by atoms with Gasteiger partial charge in [-0.3, -0.25) is 23.4 Å². The minimum atomic E-state index is -3.20. The minimum Gasteiger partial charge on any atom is -0.374 e. The van der Waals surface area contributed by atoms with Crippen molar-refractivity contribution in [3.8, 4) is 0 Å². The van der Waals surface area contributed by atoms with Gasteiger partial charge in [-0.05, 0) is 61.4 Å². The molecule has 0 saturated carbocycles. The molecule has 0 radical (unpaired) electrons. The van der Waals surface area contributed by atoms with E-state index in [1.54, 1.807) is 37.1 Å². The summed E-state index contributed by atoms with van der Waals surface area (Å²) in [6.07, 6.45) is 4.83. The topological polar surface area (TPSA) is 163 Å². The van der Waals surface area contributed by atoms with Crippen LogP contribution >= 0.6 is 15.2 Å². The Morgan fingerprint density at radius 2 is 1.04 bits per heavy atom. The van der Waals surface area contributed by atoms with Gasteiger partial charge in [-0.15, -0.1) is 10.2 Å². The van der Waals surface area contributed by atoms with Crippen LogP contribution in [0, 0.1) is 0 Å². The van der Waals surface area contributed by atoms with Gasteiger partial charge in [0, 0.05) is 51.3 Å². The van der Waals surface area contributed by atoms with Crippen molar-refractivity contribution in [3.63, 3.8) is 0 Å². The normalized spacial score (nSPS) is 12.9. The lowest BCUT2D eigenvalue weighted by atomic mass is 10.3. The lowest BCUT2D eigenvalue weighted by Crippen LogP contribution is -2.46. The van der Waals surface area contributed by atoms with E-state index in [0.717, 1.165) is 17.8 Å². The van der Waals surface area contributed by atoms with E-state index in [4.69, 9.17) is 31.4 Å². The fourth-order valence-electron chi connectivity index (χ4n) is 4.80. The molecule has 19 heteroatoms. The fourth-order valence-corrected chi connectivity index (χ4v) is 10.5. The molecule has 2 heterocycles. The van der Waals surface area contributed by atoms with Crippen molar-refractivity contribution in [3.05, 3.63) is 23.8 Å². The van der Waals surface area contributed by atoms with E-state index in [0.29, 0.717) is 85.0 Å². The number of hydrogen-bond donors (Lipinski definition) is 0. The van der Waals surface area contributed by atoms with Crippen LogP contribution in [0.25, 0.3) is 0 Å². The highest BCUT2D eigenvalue weighted by Crippen LogP contribution is 2.48. The number of hydrogen-bond acceptors (Lipinski definition) is 14. The van der Waals surface area contributed by atoms with E-state index < -0.39 is 24.0 Å². The van der Waals surface area contributed by atoms with Gasteiger partial charge < -0.3 is 31.4 Å². The Bertz CT molecular complexity index is 1090. The van der Waals surface area contributed by atoms with E-state index in [2.05, 4.69) is 25.5 Å².